The van der Waals surface area contributed by atoms with E-state index in [1.165, 1.54) is 25.7 Å². The van der Waals surface area contributed by atoms with E-state index in [1.807, 2.05) is 0 Å². The average Bonchev–Trinajstić information content (AvgIpc) is 2.12. The molecular formula is C8H14. The second-order valence-electron chi connectivity index (χ2n) is 4.52. The molecule has 0 N–H and O–H groups in total. The largest absolute Gasteiger partial charge is 0.0599 e. The van der Waals surface area contributed by atoms with Crippen molar-refractivity contribution in [1.29, 1.82) is 0 Å². The molecule has 0 atom stereocenters. The summed E-state index contributed by atoms with van der Waals surface area (Å²) in [7, 11) is 0. The summed E-state index contributed by atoms with van der Waals surface area (Å²) in [6, 6.07) is 0. The standard InChI is InChI=1S/C8H14/c1-7(2)5-8(6-7)3-4-8/h3-6H2,1-2H3. The fourth-order valence-electron chi connectivity index (χ4n) is 2.51. The van der Waals surface area contributed by atoms with Crippen molar-refractivity contribution in [3.05, 3.63) is 0 Å². The normalized spacial score (nSPS) is 36.8. The van der Waals surface area contributed by atoms with E-state index in [9.17, 15) is 0 Å². The van der Waals surface area contributed by atoms with E-state index in [1.54, 1.807) is 0 Å². The summed E-state index contributed by atoms with van der Waals surface area (Å²) in [5, 5.41) is 0. The first-order valence-electron chi connectivity index (χ1n) is 3.62. The van der Waals surface area contributed by atoms with Crippen molar-refractivity contribution in [3.63, 3.8) is 0 Å². The fourth-order valence-corrected chi connectivity index (χ4v) is 2.51. The number of hydrogen-bond donors (Lipinski definition) is 0. The Morgan fingerprint density at radius 2 is 1.50 bits per heavy atom. The predicted molar refractivity (Wildman–Crippen MR) is 34.7 cm³/mol. The zero-order valence-electron chi connectivity index (χ0n) is 5.83. The third kappa shape index (κ3) is 0.519. The molecule has 0 bridgehead atoms. The van der Waals surface area contributed by atoms with E-state index in [0.29, 0.717) is 0 Å². The van der Waals surface area contributed by atoms with Gasteiger partial charge in [-0.25, -0.2) is 0 Å². The van der Waals surface area contributed by atoms with Crippen LogP contribution in [-0.4, -0.2) is 0 Å². The van der Waals surface area contributed by atoms with Crippen LogP contribution in [0.15, 0.2) is 0 Å². The van der Waals surface area contributed by atoms with Gasteiger partial charge in [0.25, 0.3) is 0 Å². The lowest BCUT2D eigenvalue weighted by Crippen LogP contribution is -2.32. The van der Waals surface area contributed by atoms with Crippen molar-refractivity contribution < 1.29 is 0 Å². The van der Waals surface area contributed by atoms with Gasteiger partial charge in [0.1, 0.15) is 0 Å². The van der Waals surface area contributed by atoms with Crippen molar-refractivity contribution in [2.24, 2.45) is 10.8 Å². The minimum absolute atomic E-state index is 0.719. The van der Waals surface area contributed by atoms with Crippen LogP contribution >= 0.6 is 0 Å². The van der Waals surface area contributed by atoms with Crippen LogP contribution in [0.2, 0.25) is 0 Å². The zero-order valence-corrected chi connectivity index (χ0v) is 5.83. The molecular weight excluding hydrogens is 96.1 g/mol. The van der Waals surface area contributed by atoms with Gasteiger partial charge in [-0.3, -0.25) is 0 Å². The van der Waals surface area contributed by atoms with Gasteiger partial charge in [0.2, 0.25) is 0 Å². The summed E-state index contributed by atoms with van der Waals surface area (Å²) in [5.41, 5.74) is 1.62. The van der Waals surface area contributed by atoms with Crippen LogP contribution in [0.25, 0.3) is 0 Å². The van der Waals surface area contributed by atoms with Crippen molar-refractivity contribution >= 4 is 0 Å². The van der Waals surface area contributed by atoms with E-state index in [0.717, 1.165) is 10.8 Å². The van der Waals surface area contributed by atoms with Gasteiger partial charge in [-0.05, 0) is 36.5 Å². The van der Waals surface area contributed by atoms with Gasteiger partial charge < -0.3 is 0 Å². The van der Waals surface area contributed by atoms with Crippen molar-refractivity contribution in [2.45, 2.75) is 39.5 Å². The molecule has 0 saturated heterocycles. The lowest BCUT2D eigenvalue weighted by Gasteiger charge is -2.43. The van der Waals surface area contributed by atoms with Gasteiger partial charge >= 0.3 is 0 Å². The number of hydrogen-bond acceptors (Lipinski definition) is 0. The Labute approximate surface area is 51.3 Å². The highest BCUT2D eigenvalue weighted by atomic mass is 14.6. The van der Waals surface area contributed by atoms with Crippen LogP contribution in [0.4, 0.5) is 0 Å². The van der Waals surface area contributed by atoms with E-state index in [4.69, 9.17) is 0 Å². The Hall–Kier alpha value is 0. The summed E-state index contributed by atoms with van der Waals surface area (Å²) in [4.78, 5) is 0. The molecule has 0 heterocycles. The monoisotopic (exact) mass is 110 g/mol. The molecule has 8 heavy (non-hydrogen) atoms. The molecule has 2 saturated carbocycles. The van der Waals surface area contributed by atoms with Gasteiger partial charge in [0.05, 0.1) is 0 Å². The summed E-state index contributed by atoms with van der Waals surface area (Å²) in [6.07, 6.45) is 6.10. The van der Waals surface area contributed by atoms with Crippen LogP contribution in [0.3, 0.4) is 0 Å². The molecule has 0 radical (unpaired) electrons. The second-order valence-corrected chi connectivity index (χ2v) is 4.52. The van der Waals surface area contributed by atoms with Gasteiger partial charge in [-0.15, -0.1) is 0 Å². The SMILES string of the molecule is CC1(C)CC2(CC2)C1. The Bertz CT molecular complexity index is 106. The van der Waals surface area contributed by atoms with Crippen LogP contribution in [0.5, 0.6) is 0 Å². The lowest BCUT2D eigenvalue weighted by molar-refractivity contribution is 0.0758. The maximum atomic E-state index is 2.39. The third-order valence-electron chi connectivity index (χ3n) is 2.66. The molecule has 0 nitrogen and oxygen atoms in total. The third-order valence-corrected chi connectivity index (χ3v) is 2.66. The summed E-state index contributed by atoms with van der Waals surface area (Å²) < 4.78 is 0. The van der Waals surface area contributed by atoms with E-state index >= 15 is 0 Å². The molecule has 0 aromatic carbocycles. The molecule has 2 fully saturated rings. The van der Waals surface area contributed by atoms with E-state index in [-0.39, 0.29) is 0 Å². The molecule has 1 spiro atoms. The fraction of sp³-hybridized carbons (Fsp3) is 1.00. The second kappa shape index (κ2) is 0.984. The molecule has 0 unspecified atom stereocenters. The van der Waals surface area contributed by atoms with Crippen molar-refractivity contribution in [1.82, 2.24) is 0 Å². The highest BCUT2D eigenvalue weighted by Gasteiger charge is 2.56. The molecule has 2 rings (SSSR count). The highest BCUT2D eigenvalue weighted by Crippen LogP contribution is 2.68. The van der Waals surface area contributed by atoms with E-state index < -0.39 is 0 Å². The summed E-state index contributed by atoms with van der Waals surface area (Å²) in [6.45, 7) is 4.77. The van der Waals surface area contributed by atoms with Gasteiger partial charge in [-0.1, -0.05) is 13.8 Å². The van der Waals surface area contributed by atoms with Crippen molar-refractivity contribution in [3.8, 4) is 0 Å². The summed E-state index contributed by atoms with van der Waals surface area (Å²) >= 11 is 0. The smallest absolute Gasteiger partial charge is 0.0287 e. The molecule has 0 aromatic heterocycles. The minimum atomic E-state index is 0.719. The molecule has 0 heteroatoms. The van der Waals surface area contributed by atoms with Crippen LogP contribution in [-0.2, 0) is 0 Å². The zero-order chi connectivity index (χ0) is 5.83. The summed E-state index contributed by atoms with van der Waals surface area (Å²) in [5.74, 6) is 0. The minimum Gasteiger partial charge on any atom is -0.0599 e. The maximum Gasteiger partial charge on any atom is -0.0287 e. The quantitative estimate of drug-likeness (QED) is 0.449. The Kier molecular flexibility index (Phi) is 0.595. The molecule has 0 aliphatic heterocycles. The molecule has 2 aliphatic carbocycles. The molecule has 0 amide bonds. The van der Waals surface area contributed by atoms with Crippen molar-refractivity contribution in [2.75, 3.05) is 0 Å². The lowest BCUT2D eigenvalue weighted by atomic mass is 9.62. The van der Waals surface area contributed by atoms with E-state index in [2.05, 4.69) is 13.8 Å². The average molecular weight is 110 g/mol. The van der Waals surface area contributed by atoms with Crippen LogP contribution in [0.1, 0.15) is 39.5 Å². The molecule has 0 aromatic rings. The Balaban J connectivity index is 2.00. The topological polar surface area (TPSA) is 0 Å². The predicted octanol–water partition coefficient (Wildman–Crippen LogP) is 2.59. The molecule has 2 aliphatic rings. The first-order valence-corrected chi connectivity index (χ1v) is 3.62. The molecule has 46 valence electrons. The van der Waals surface area contributed by atoms with Gasteiger partial charge in [0.15, 0.2) is 0 Å². The Morgan fingerprint density at radius 3 is 1.62 bits per heavy atom. The maximum absolute atomic E-state index is 2.39. The first kappa shape index (κ1) is 4.84. The Morgan fingerprint density at radius 1 is 1.00 bits per heavy atom. The number of rotatable bonds is 0. The van der Waals surface area contributed by atoms with Crippen LogP contribution in [0, 0.1) is 10.8 Å². The highest BCUT2D eigenvalue weighted by molar-refractivity contribution is 5.07. The van der Waals surface area contributed by atoms with Crippen LogP contribution < -0.4 is 0 Å². The van der Waals surface area contributed by atoms with Gasteiger partial charge in [-0.2, -0.15) is 0 Å². The van der Waals surface area contributed by atoms with Gasteiger partial charge in [0, 0.05) is 0 Å². The first-order chi connectivity index (χ1) is 3.62.